The van der Waals surface area contributed by atoms with Crippen molar-refractivity contribution in [2.45, 2.75) is 19.8 Å². The first kappa shape index (κ1) is 13.5. The number of carbonyl (C=O) groups is 1. The molecule has 102 valence electrons. The van der Waals surface area contributed by atoms with Crippen LogP contribution in [0.3, 0.4) is 0 Å². The molecule has 0 unspecified atom stereocenters. The highest BCUT2D eigenvalue weighted by molar-refractivity contribution is 5.90. The van der Waals surface area contributed by atoms with Gasteiger partial charge in [-0.25, -0.2) is 0 Å². The summed E-state index contributed by atoms with van der Waals surface area (Å²) in [6, 6.07) is 6.07. The van der Waals surface area contributed by atoms with Gasteiger partial charge < -0.3 is 15.4 Å². The molecule has 19 heavy (non-hydrogen) atoms. The fraction of sp³-hybridized carbons (Fsp3) is 0.400. The zero-order valence-corrected chi connectivity index (χ0v) is 11.3. The average molecular weight is 260 g/mol. The molecule has 0 atom stereocenters. The third kappa shape index (κ3) is 3.50. The molecular weight excluding hydrogens is 240 g/mol. The minimum Gasteiger partial charge on any atom is -0.493 e. The fourth-order valence-electron chi connectivity index (χ4n) is 2.29. The molecule has 1 aromatic carbocycles. The highest BCUT2D eigenvalue weighted by Crippen LogP contribution is 2.29. The lowest BCUT2D eigenvalue weighted by Gasteiger charge is -2.19. The van der Waals surface area contributed by atoms with E-state index in [2.05, 4.69) is 11.0 Å². The molecule has 4 heteroatoms. The number of amides is 1. The number of carbonyl (C=O) groups excluding carboxylic acids is 1. The second-order valence-electron chi connectivity index (χ2n) is 4.58. The maximum absolute atomic E-state index is 10.8. The summed E-state index contributed by atoms with van der Waals surface area (Å²) >= 11 is 0. The van der Waals surface area contributed by atoms with Crippen molar-refractivity contribution in [1.82, 2.24) is 0 Å². The van der Waals surface area contributed by atoms with Crippen molar-refractivity contribution < 1.29 is 9.53 Å². The summed E-state index contributed by atoms with van der Waals surface area (Å²) in [5.41, 5.74) is 7.18. The summed E-state index contributed by atoms with van der Waals surface area (Å²) in [6.45, 7) is 4.75. The second-order valence-corrected chi connectivity index (χ2v) is 4.58. The van der Waals surface area contributed by atoms with Crippen LogP contribution in [0.4, 0.5) is 5.69 Å². The van der Waals surface area contributed by atoms with Gasteiger partial charge in [0.15, 0.2) is 0 Å². The standard InChI is InChI=1S/C15H20N2O2/c1-2-19-14-11-13(17-9-3-4-10-17)7-5-12(14)6-8-15(16)18/h5-8,11H,2-4,9-10H2,1H3,(H2,16,18)/b8-6+. The number of ether oxygens (including phenoxy) is 1. The number of nitrogens with two attached hydrogens (primary N) is 1. The molecule has 0 bridgehead atoms. The molecule has 1 aliphatic rings. The smallest absolute Gasteiger partial charge is 0.241 e. The van der Waals surface area contributed by atoms with Gasteiger partial charge >= 0.3 is 0 Å². The quantitative estimate of drug-likeness (QED) is 0.826. The summed E-state index contributed by atoms with van der Waals surface area (Å²) in [6.07, 6.45) is 5.54. The first-order valence-corrected chi connectivity index (χ1v) is 6.70. The lowest BCUT2D eigenvalue weighted by Crippen LogP contribution is -2.17. The zero-order valence-electron chi connectivity index (χ0n) is 11.3. The Morgan fingerprint density at radius 2 is 2.16 bits per heavy atom. The Morgan fingerprint density at radius 1 is 1.42 bits per heavy atom. The van der Waals surface area contributed by atoms with Gasteiger partial charge in [-0.05, 0) is 38.0 Å². The lowest BCUT2D eigenvalue weighted by molar-refractivity contribution is -0.113. The fourth-order valence-corrected chi connectivity index (χ4v) is 2.29. The van der Waals surface area contributed by atoms with Crippen LogP contribution in [0.15, 0.2) is 24.3 Å². The van der Waals surface area contributed by atoms with Crippen LogP contribution in [-0.4, -0.2) is 25.6 Å². The maximum atomic E-state index is 10.8. The van der Waals surface area contributed by atoms with Gasteiger partial charge in [0.2, 0.25) is 5.91 Å². The topological polar surface area (TPSA) is 55.6 Å². The number of anilines is 1. The van der Waals surface area contributed by atoms with Gasteiger partial charge in [0.25, 0.3) is 0 Å². The third-order valence-electron chi connectivity index (χ3n) is 3.20. The summed E-state index contributed by atoms with van der Waals surface area (Å²) in [5.74, 6) is 0.343. The summed E-state index contributed by atoms with van der Waals surface area (Å²) in [4.78, 5) is 13.2. The summed E-state index contributed by atoms with van der Waals surface area (Å²) in [7, 11) is 0. The number of rotatable bonds is 5. The molecule has 0 spiro atoms. The Balaban J connectivity index is 2.26. The van der Waals surface area contributed by atoms with E-state index in [0.717, 1.165) is 24.4 Å². The SMILES string of the molecule is CCOc1cc(N2CCCC2)ccc1/C=C/C(N)=O. The highest BCUT2D eigenvalue weighted by atomic mass is 16.5. The van der Waals surface area contributed by atoms with Gasteiger partial charge in [0.05, 0.1) is 6.61 Å². The first-order valence-electron chi connectivity index (χ1n) is 6.70. The van der Waals surface area contributed by atoms with Gasteiger partial charge in [-0.3, -0.25) is 4.79 Å². The van der Waals surface area contributed by atoms with Crippen LogP contribution in [0.25, 0.3) is 6.08 Å². The van der Waals surface area contributed by atoms with Crippen LogP contribution < -0.4 is 15.4 Å². The van der Waals surface area contributed by atoms with Crippen LogP contribution >= 0.6 is 0 Å². The monoisotopic (exact) mass is 260 g/mol. The van der Waals surface area contributed by atoms with E-state index >= 15 is 0 Å². The molecule has 1 aliphatic heterocycles. The molecular formula is C15H20N2O2. The van der Waals surface area contributed by atoms with E-state index in [1.807, 2.05) is 19.1 Å². The van der Waals surface area contributed by atoms with E-state index in [1.165, 1.54) is 24.6 Å². The van der Waals surface area contributed by atoms with Crippen molar-refractivity contribution in [3.63, 3.8) is 0 Å². The molecule has 1 saturated heterocycles. The van der Waals surface area contributed by atoms with Gasteiger partial charge in [0.1, 0.15) is 5.75 Å². The lowest BCUT2D eigenvalue weighted by atomic mass is 10.1. The van der Waals surface area contributed by atoms with Crippen molar-refractivity contribution in [3.8, 4) is 5.75 Å². The number of benzene rings is 1. The normalized spacial score (nSPS) is 15.1. The Bertz CT molecular complexity index is 477. The van der Waals surface area contributed by atoms with Crippen LogP contribution in [0.2, 0.25) is 0 Å². The second kappa shape index (κ2) is 6.27. The van der Waals surface area contributed by atoms with E-state index in [1.54, 1.807) is 6.08 Å². The van der Waals surface area contributed by atoms with Crippen LogP contribution in [0.5, 0.6) is 5.75 Å². The highest BCUT2D eigenvalue weighted by Gasteiger charge is 2.13. The van der Waals surface area contributed by atoms with Gasteiger partial charge in [-0.15, -0.1) is 0 Å². The number of primary amides is 1. The molecule has 1 heterocycles. The van der Waals surface area contributed by atoms with Gasteiger partial charge in [-0.1, -0.05) is 0 Å². The van der Waals surface area contributed by atoms with Crippen LogP contribution in [0.1, 0.15) is 25.3 Å². The maximum Gasteiger partial charge on any atom is 0.241 e. The molecule has 0 aliphatic carbocycles. The van der Waals surface area contributed by atoms with E-state index in [9.17, 15) is 4.79 Å². The number of hydrogen-bond donors (Lipinski definition) is 1. The molecule has 0 saturated carbocycles. The van der Waals surface area contributed by atoms with Gasteiger partial charge in [-0.2, -0.15) is 0 Å². The zero-order chi connectivity index (χ0) is 13.7. The molecule has 1 amide bonds. The Hall–Kier alpha value is -1.97. The summed E-state index contributed by atoms with van der Waals surface area (Å²) in [5, 5.41) is 0. The molecule has 0 aromatic heterocycles. The number of nitrogens with zero attached hydrogens (tertiary/aromatic N) is 1. The minimum atomic E-state index is -0.453. The van der Waals surface area contributed by atoms with E-state index in [0.29, 0.717) is 6.61 Å². The predicted octanol–water partition coefficient (Wildman–Crippen LogP) is 2.18. The van der Waals surface area contributed by atoms with Gasteiger partial charge in [0, 0.05) is 36.5 Å². The minimum absolute atomic E-state index is 0.453. The number of hydrogen-bond acceptors (Lipinski definition) is 3. The average Bonchev–Trinajstić information content (AvgIpc) is 2.91. The van der Waals surface area contributed by atoms with E-state index in [4.69, 9.17) is 10.5 Å². The predicted molar refractivity (Wildman–Crippen MR) is 77.3 cm³/mol. The van der Waals surface area contributed by atoms with Crippen molar-refractivity contribution in [3.05, 3.63) is 29.8 Å². The van der Waals surface area contributed by atoms with Crippen molar-refractivity contribution in [2.75, 3.05) is 24.6 Å². The summed E-state index contributed by atoms with van der Waals surface area (Å²) < 4.78 is 5.64. The molecule has 1 aromatic rings. The Morgan fingerprint density at radius 3 is 2.79 bits per heavy atom. The first-order chi connectivity index (χ1) is 9.20. The van der Waals surface area contributed by atoms with Crippen LogP contribution in [0, 0.1) is 0 Å². The van der Waals surface area contributed by atoms with Crippen molar-refractivity contribution in [1.29, 1.82) is 0 Å². The van der Waals surface area contributed by atoms with Crippen molar-refractivity contribution >= 4 is 17.7 Å². The van der Waals surface area contributed by atoms with E-state index in [-0.39, 0.29) is 0 Å². The van der Waals surface area contributed by atoms with E-state index < -0.39 is 5.91 Å². The third-order valence-corrected chi connectivity index (χ3v) is 3.20. The molecule has 1 fully saturated rings. The molecule has 4 nitrogen and oxygen atoms in total. The largest absolute Gasteiger partial charge is 0.493 e. The van der Waals surface area contributed by atoms with Crippen LogP contribution in [-0.2, 0) is 4.79 Å². The molecule has 2 N–H and O–H groups in total. The Labute approximate surface area is 113 Å². The van der Waals surface area contributed by atoms with Crippen molar-refractivity contribution in [2.24, 2.45) is 5.73 Å². The molecule has 2 rings (SSSR count). The molecule has 0 radical (unpaired) electrons. The Kier molecular flexibility index (Phi) is 4.44.